The number of primary amides is 1. The van der Waals surface area contributed by atoms with E-state index in [1.807, 2.05) is 13.1 Å². The van der Waals surface area contributed by atoms with Crippen LogP contribution in [0.1, 0.15) is 47.5 Å². The highest BCUT2D eigenvalue weighted by molar-refractivity contribution is 5.99. The summed E-state index contributed by atoms with van der Waals surface area (Å²) in [7, 11) is 2.00. The van der Waals surface area contributed by atoms with Crippen molar-refractivity contribution in [1.29, 1.82) is 0 Å². The average Bonchev–Trinajstić information content (AvgIpc) is 2.80. The third-order valence-corrected chi connectivity index (χ3v) is 6.14. The number of hydrogen-bond acceptors (Lipinski definition) is 6. The number of carbonyl (C=O) groups excluding carboxylic acids is 1. The van der Waals surface area contributed by atoms with Gasteiger partial charge in [-0.25, -0.2) is 4.98 Å². The topological polar surface area (TPSA) is 89.7 Å². The summed E-state index contributed by atoms with van der Waals surface area (Å²) in [5.41, 5.74) is 9.15. The van der Waals surface area contributed by atoms with Gasteiger partial charge in [-0.2, -0.15) is 0 Å². The van der Waals surface area contributed by atoms with Crippen molar-refractivity contribution in [2.24, 2.45) is 5.73 Å². The molecule has 0 spiro atoms. The van der Waals surface area contributed by atoms with Gasteiger partial charge in [-0.05, 0) is 49.3 Å². The van der Waals surface area contributed by atoms with Crippen molar-refractivity contribution in [1.82, 2.24) is 4.98 Å². The molecule has 3 heterocycles. The molecule has 2 aromatic rings. The Kier molecular flexibility index (Phi) is 6.50. The molecule has 0 radical (unpaired) electrons. The van der Waals surface area contributed by atoms with Crippen LogP contribution < -0.4 is 16.0 Å². The average molecular weight is 411 g/mol. The first-order valence-corrected chi connectivity index (χ1v) is 10.7. The van der Waals surface area contributed by atoms with Crippen LogP contribution in [0.25, 0.3) is 0 Å². The number of nitrogens with zero attached hydrogens (tertiary/aromatic N) is 2. The predicted octanol–water partition coefficient (Wildman–Crippen LogP) is 3.43. The Labute approximate surface area is 177 Å². The van der Waals surface area contributed by atoms with Gasteiger partial charge in [0.25, 0.3) is 5.91 Å². The molecule has 7 nitrogen and oxygen atoms in total. The number of anilines is 3. The van der Waals surface area contributed by atoms with Crippen LogP contribution in [0.5, 0.6) is 0 Å². The fourth-order valence-electron chi connectivity index (χ4n) is 4.28. The first-order valence-electron chi connectivity index (χ1n) is 10.7. The van der Waals surface area contributed by atoms with Gasteiger partial charge in [-0.1, -0.05) is 12.1 Å². The third-order valence-electron chi connectivity index (χ3n) is 6.14. The normalized spacial score (nSPS) is 18.2. The van der Waals surface area contributed by atoms with Crippen LogP contribution in [-0.4, -0.2) is 50.4 Å². The van der Waals surface area contributed by atoms with Crippen molar-refractivity contribution in [3.63, 3.8) is 0 Å². The molecule has 2 fully saturated rings. The second-order valence-electron chi connectivity index (χ2n) is 8.04. The quantitative estimate of drug-likeness (QED) is 0.758. The van der Waals surface area contributed by atoms with Gasteiger partial charge in [-0.15, -0.1) is 0 Å². The molecule has 0 atom stereocenters. The SMILES string of the molecule is CN(c1cc(Nc2ccc(C3CCOCC3)cc2)ncc1C(N)=O)C1CCOCC1. The van der Waals surface area contributed by atoms with Gasteiger partial charge in [0.15, 0.2) is 0 Å². The fraction of sp³-hybridized carbons (Fsp3) is 0.478. The summed E-state index contributed by atoms with van der Waals surface area (Å²) in [5, 5.41) is 3.36. The number of aromatic nitrogens is 1. The minimum Gasteiger partial charge on any atom is -0.381 e. The van der Waals surface area contributed by atoms with E-state index in [1.165, 1.54) is 5.56 Å². The Morgan fingerprint density at radius 2 is 1.70 bits per heavy atom. The molecule has 2 aliphatic rings. The molecule has 7 heteroatoms. The number of carbonyl (C=O) groups is 1. The molecule has 0 bridgehead atoms. The highest BCUT2D eigenvalue weighted by Crippen LogP contribution is 2.30. The van der Waals surface area contributed by atoms with Crippen LogP contribution in [0, 0.1) is 0 Å². The van der Waals surface area contributed by atoms with E-state index in [0.29, 0.717) is 23.3 Å². The highest BCUT2D eigenvalue weighted by Gasteiger charge is 2.23. The molecule has 4 rings (SSSR count). The second kappa shape index (κ2) is 9.45. The van der Waals surface area contributed by atoms with E-state index >= 15 is 0 Å². The number of nitrogens with two attached hydrogens (primary N) is 1. The molecule has 1 amide bonds. The van der Waals surface area contributed by atoms with E-state index in [1.54, 1.807) is 6.20 Å². The fourth-order valence-corrected chi connectivity index (χ4v) is 4.28. The van der Waals surface area contributed by atoms with Crippen LogP contribution in [0.3, 0.4) is 0 Å². The molecule has 2 aliphatic heterocycles. The first kappa shape index (κ1) is 20.6. The maximum absolute atomic E-state index is 12.0. The second-order valence-corrected chi connectivity index (χ2v) is 8.04. The van der Waals surface area contributed by atoms with Crippen LogP contribution >= 0.6 is 0 Å². The van der Waals surface area contributed by atoms with Gasteiger partial charge in [0, 0.05) is 57.5 Å². The van der Waals surface area contributed by atoms with Crippen molar-refractivity contribution in [3.05, 3.63) is 47.7 Å². The van der Waals surface area contributed by atoms with Crippen LogP contribution in [0.2, 0.25) is 0 Å². The molecule has 0 unspecified atom stereocenters. The number of hydrogen-bond donors (Lipinski definition) is 2. The van der Waals surface area contributed by atoms with Crippen molar-refractivity contribution >= 4 is 23.1 Å². The summed E-state index contributed by atoms with van der Waals surface area (Å²) in [6.45, 7) is 3.14. The molecule has 0 saturated carbocycles. The van der Waals surface area contributed by atoms with Gasteiger partial charge in [-0.3, -0.25) is 4.79 Å². The number of amides is 1. The minimum atomic E-state index is -0.469. The lowest BCUT2D eigenvalue weighted by molar-refractivity contribution is 0.0852. The van der Waals surface area contributed by atoms with E-state index < -0.39 is 5.91 Å². The summed E-state index contributed by atoms with van der Waals surface area (Å²) in [5.74, 6) is 0.789. The number of pyridine rings is 1. The molecule has 1 aromatic heterocycles. The van der Waals surface area contributed by atoms with Crippen LogP contribution in [0.4, 0.5) is 17.2 Å². The summed E-state index contributed by atoms with van der Waals surface area (Å²) in [4.78, 5) is 18.5. The molecule has 160 valence electrons. The lowest BCUT2D eigenvalue weighted by Gasteiger charge is -2.33. The number of nitrogens with one attached hydrogen (secondary N) is 1. The lowest BCUT2D eigenvalue weighted by Crippen LogP contribution is -2.37. The van der Waals surface area contributed by atoms with E-state index in [9.17, 15) is 4.79 Å². The molecular formula is C23H30N4O3. The van der Waals surface area contributed by atoms with Gasteiger partial charge >= 0.3 is 0 Å². The van der Waals surface area contributed by atoms with Crippen molar-refractivity contribution < 1.29 is 14.3 Å². The zero-order valence-electron chi connectivity index (χ0n) is 17.5. The molecule has 0 aliphatic carbocycles. The largest absolute Gasteiger partial charge is 0.381 e. The van der Waals surface area contributed by atoms with Crippen molar-refractivity contribution in [2.45, 2.75) is 37.6 Å². The summed E-state index contributed by atoms with van der Waals surface area (Å²) < 4.78 is 10.9. The van der Waals surface area contributed by atoms with Crippen LogP contribution in [0.15, 0.2) is 36.5 Å². The van der Waals surface area contributed by atoms with Gasteiger partial charge < -0.3 is 25.4 Å². The Morgan fingerprint density at radius 3 is 2.33 bits per heavy atom. The molecule has 1 aromatic carbocycles. The monoisotopic (exact) mass is 410 g/mol. The molecule has 30 heavy (non-hydrogen) atoms. The Hall–Kier alpha value is -2.64. The van der Waals surface area contributed by atoms with E-state index in [4.69, 9.17) is 15.2 Å². The van der Waals surface area contributed by atoms with Gasteiger partial charge in [0.2, 0.25) is 0 Å². The van der Waals surface area contributed by atoms with E-state index in [-0.39, 0.29) is 0 Å². The zero-order chi connectivity index (χ0) is 20.9. The van der Waals surface area contributed by atoms with Gasteiger partial charge in [0.05, 0.1) is 11.3 Å². The summed E-state index contributed by atoms with van der Waals surface area (Å²) in [6.07, 6.45) is 5.56. The van der Waals surface area contributed by atoms with Gasteiger partial charge in [0.1, 0.15) is 5.82 Å². The lowest BCUT2D eigenvalue weighted by atomic mass is 9.92. The molecule has 3 N–H and O–H groups in total. The first-order chi connectivity index (χ1) is 14.6. The number of ether oxygens (including phenoxy) is 2. The maximum Gasteiger partial charge on any atom is 0.252 e. The molecule has 2 saturated heterocycles. The summed E-state index contributed by atoms with van der Waals surface area (Å²) >= 11 is 0. The zero-order valence-corrected chi connectivity index (χ0v) is 17.5. The standard InChI is InChI=1S/C23H30N4O3/c1-27(19-8-12-30-13-9-19)21-14-22(25-15-20(21)23(24)28)26-18-4-2-16(3-5-18)17-6-10-29-11-7-17/h2-5,14-15,17,19H,6-13H2,1H3,(H2,24,28)(H,25,26). The third kappa shape index (κ3) is 4.74. The maximum atomic E-state index is 12.0. The Morgan fingerprint density at radius 1 is 1.07 bits per heavy atom. The van der Waals surface area contributed by atoms with Crippen molar-refractivity contribution in [2.75, 3.05) is 43.7 Å². The molecular weight excluding hydrogens is 380 g/mol. The predicted molar refractivity (Wildman–Crippen MR) is 118 cm³/mol. The number of benzene rings is 1. The Bertz CT molecular complexity index is 859. The van der Waals surface area contributed by atoms with Crippen LogP contribution in [-0.2, 0) is 9.47 Å². The highest BCUT2D eigenvalue weighted by atomic mass is 16.5. The summed E-state index contributed by atoms with van der Waals surface area (Å²) in [6, 6.07) is 10.7. The minimum absolute atomic E-state index is 0.311. The van der Waals surface area contributed by atoms with Crippen molar-refractivity contribution in [3.8, 4) is 0 Å². The smallest absolute Gasteiger partial charge is 0.252 e. The van der Waals surface area contributed by atoms with E-state index in [2.05, 4.69) is 39.5 Å². The number of rotatable bonds is 6. The Balaban J connectivity index is 1.51. The van der Waals surface area contributed by atoms with E-state index in [0.717, 1.165) is 63.5 Å².